The average molecular weight is 234 g/mol. The van der Waals surface area contributed by atoms with Crippen LogP contribution in [0.25, 0.3) is 0 Å². The van der Waals surface area contributed by atoms with Gasteiger partial charge in [0.2, 0.25) is 5.91 Å². The molecule has 0 aromatic heterocycles. The number of amides is 1. The minimum atomic E-state index is -3.01. The molecular weight excluding hydrogens is 216 g/mol. The Morgan fingerprint density at radius 1 is 1.47 bits per heavy atom. The first-order valence-electron chi connectivity index (χ1n) is 5.09. The highest BCUT2D eigenvalue weighted by atomic mass is 32.2. The minimum Gasteiger partial charge on any atom is -0.325 e. The summed E-state index contributed by atoms with van der Waals surface area (Å²) in [4.78, 5) is 13.3. The van der Waals surface area contributed by atoms with Gasteiger partial charge in [0.15, 0.2) is 0 Å². The first-order valence-corrected chi connectivity index (χ1v) is 7.15. The number of rotatable bonds is 4. The molecular formula is C9H18N2O3S. The van der Waals surface area contributed by atoms with E-state index >= 15 is 0 Å². The van der Waals surface area contributed by atoms with E-state index < -0.39 is 9.84 Å². The second kappa shape index (κ2) is 4.49. The van der Waals surface area contributed by atoms with Gasteiger partial charge in [0.1, 0.15) is 9.84 Å². The Hall–Kier alpha value is -0.620. The zero-order valence-electron chi connectivity index (χ0n) is 9.36. The summed E-state index contributed by atoms with van der Waals surface area (Å²) in [5, 5.41) is 3.12. The normalized spacial score (nSPS) is 27.4. The number of nitrogens with one attached hydrogen (secondary N) is 1. The zero-order valence-corrected chi connectivity index (χ0v) is 10.2. The molecule has 6 heteroatoms. The molecule has 0 radical (unpaired) electrons. The van der Waals surface area contributed by atoms with E-state index in [-0.39, 0.29) is 30.4 Å². The Labute approximate surface area is 90.7 Å². The number of hydrogen-bond acceptors (Lipinski definition) is 4. The number of nitrogens with zero attached hydrogens (tertiary/aromatic N) is 1. The second-order valence-corrected chi connectivity index (χ2v) is 6.23. The van der Waals surface area contributed by atoms with E-state index in [1.165, 1.54) is 6.26 Å². The molecule has 0 bridgehead atoms. The van der Waals surface area contributed by atoms with Crippen molar-refractivity contribution in [3.05, 3.63) is 0 Å². The van der Waals surface area contributed by atoms with Crippen molar-refractivity contribution in [3.63, 3.8) is 0 Å². The van der Waals surface area contributed by atoms with Crippen LogP contribution in [0.1, 0.15) is 20.3 Å². The van der Waals surface area contributed by atoms with Gasteiger partial charge in [0.05, 0.1) is 18.0 Å². The Balaban J connectivity index is 2.63. The summed E-state index contributed by atoms with van der Waals surface area (Å²) in [6.07, 6.45) is 1.96. The third kappa shape index (κ3) is 3.17. The number of carbonyl (C=O) groups excluding carboxylic acids is 1. The fourth-order valence-corrected chi connectivity index (χ4v) is 2.25. The molecule has 0 saturated carbocycles. The fraction of sp³-hybridized carbons (Fsp3) is 0.889. The highest BCUT2D eigenvalue weighted by Gasteiger charge is 2.34. The first kappa shape index (κ1) is 12.4. The van der Waals surface area contributed by atoms with Crippen molar-refractivity contribution in [2.24, 2.45) is 0 Å². The SMILES string of the molecule is CCC1NC(C)C(=O)N1CCS(C)(=O)=O. The summed E-state index contributed by atoms with van der Waals surface area (Å²) >= 11 is 0. The zero-order chi connectivity index (χ0) is 11.6. The molecule has 0 aliphatic carbocycles. The molecule has 1 amide bonds. The lowest BCUT2D eigenvalue weighted by Crippen LogP contribution is -2.39. The van der Waals surface area contributed by atoms with Gasteiger partial charge in [0.25, 0.3) is 0 Å². The maximum Gasteiger partial charge on any atom is 0.240 e. The van der Waals surface area contributed by atoms with E-state index in [4.69, 9.17) is 0 Å². The third-order valence-corrected chi connectivity index (χ3v) is 3.49. The Kier molecular flexibility index (Phi) is 3.72. The summed E-state index contributed by atoms with van der Waals surface area (Å²) in [5.41, 5.74) is 0. The van der Waals surface area contributed by atoms with Crippen LogP contribution in [-0.2, 0) is 14.6 Å². The van der Waals surface area contributed by atoms with Crippen molar-refractivity contribution in [2.45, 2.75) is 32.5 Å². The van der Waals surface area contributed by atoms with E-state index in [1.807, 2.05) is 6.92 Å². The Bertz CT molecular complexity index is 339. The van der Waals surface area contributed by atoms with Gasteiger partial charge < -0.3 is 4.90 Å². The van der Waals surface area contributed by atoms with Crippen molar-refractivity contribution >= 4 is 15.7 Å². The van der Waals surface area contributed by atoms with Gasteiger partial charge in [0, 0.05) is 12.8 Å². The maximum absolute atomic E-state index is 11.7. The highest BCUT2D eigenvalue weighted by molar-refractivity contribution is 7.90. The van der Waals surface area contributed by atoms with Crippen molar-refractivity contribution in [1.82, 2.24) is 10.2 Å². The van der Waals surface area contributed by atoms with Gasteiger partial charge in [-0.25, -0.2) is 8.42 Å². The largest absolute Gasteiger partial charge is 0.325 e. The van der Waals surface area contributed by atoms with Crippen LogP contribution in [0.2, 0.25) is 0 Å². The molecule has 1 aliphatic rings. The summed E-state index contributed by atoms with van der Waals surface area (Å²) in [6, 6.07) is -0.200. The average Bonchev–Trinajstić information content (AvgIpc) is 2.39. The van der Waals surface area contributed by atoms with Crippen LogP contribution >= 0.6 is 0 Å². The van der Waals surface area contributed by atoms with Gasteiger partial charge in [-0.15, -0.1) is 0 Å². The molecule has 1 saturated heterocycles. The van der Waals surface area contributed by atoms with Gasteiger partial charge in [-0.2, -0.15) is 0 Å². The predicted octanol–water partition coefficient (Wildman–Crippen LogP) is -0.413. The monoisotopic (exact) mass is 234 g/mol. The van der Waals surface area contributed by atoms with Crippen molar-refractivity contribution < 1.29 is 13.2 Å². The quantitative estimate of drug-likeness (QED) is 0.718. The summed E-state index contributed by atoms with van der Waals surface area (Å²) < 4.78 is 22.0. The second-order valence-electron chi connectivity index (χ2n) is 3.97. The van der Waals surface area contributed by atoms with Crippen molar-refractivity contribution in [2.75, 3.05) is 18.6 Å². The van der Waals surface area contributed by atoms with Gasteiger partial charge >= 0.3 is 0 Å². The number of hydrogen-bond donors (Lipinski definition) is 1. The molecule has 1 N–H and O–H groups in total. The van der Waals surface area contributed by atoms with E-state index in [1.54, 1.807) is 11.8 Å². The Morgan fingerprint density at radius 3 is 2.53 bits per heavy atom. The number of carbonyl (C=O) groups is 1. The van der Waals surface area contributed by atoms with Gasteiger partial charge in [-0.05, 0) is 13.3 Å². The molecule has 88 valence electrons. The molecule has 15 heavy (non-hydrogen) atoms. The minimum absolute atomic E-state index is 0.00880. The molecule has 1 rings (SSSR count). The topological polar surface area (TPSA) is 66.5 Å². The molecule has 0 aromatic rings. The molecule has 1 fully saturated rings. The fourth-order valence-electron chi connectivity index (χ4n) is 1.72. The van der Waals surface area contributed by atoms with Crippen LogP contribution in [0.3, 0.4) is 0 Å². The highest BCUT2D eigenvalue weighted by Crippen LogP contribution is 2.12. The molecule has 0 aromatic carbocycles. The summed E-state index contributed by atoms with van der Waals surface area (Å²) in [7, 11) is -3.01. The molecule has 2 atom stereocenters. The van der Waals surface area contributed by atoms with Crippen molar-refractivity contribution in [1.29, 1.82) is 0 Å². The molecule has 1 heterocycles. The standard InChI is InChI=1S/C9H18N2O3S/c1-4-8-10-7(2)9(12)11(8)5-6-15(3,13)14/h7-8,10H,4-6H2,1-3H3. The summed E-state index contributed by atoms with van der Waals surface area (Å²) in [6.45, 7) is 4.05. The molecule has 2 unspecified atom stereocenters. The van der Waals surface area contributed by atoms with Crippen LogP contribution in [-0.4, -0.2) is 50.0 Å². The Morgan fingerprint density at radius 2 is 2.07 bits per heavy atom. The van der Waals surface area contributed by atoms with Crippen LogP contribution in [0.5, 0.6) is 0 Å². The lowest BCUT2D eigenvalue weighted by molar-refractivity contribution is -0.129. The summed E-state index contributed by atoms with van der Waals surface area (Å²) in [5.74, 6) is 0.0226. The van der Waals surface area contributed by atoms with Gasteiger partial charge in [-0.3, -0.25) is 10.1 Å². The van der Waals surface area contributed by atoms with E-state index in [2.05, 4.69) is 5.32 Å². The lowest BCUT2D eigenvalue weighted by Gasteiger charge is -2.22. The van der Waals surface area contributed by atoms with E-state index in [0.29, 0.717) is 0 Å². The first-order chi connectivity index (χ1) is 6.85. The van der Waals surface area contributed by atoms with Crippen molar-refractivity contribution in [3.8, 4) is 0 Å². The lowest BCUT2D eigenvalue weighted by atomic mass is 10.3. The maximum atomic E-state index is 11.7. The van der Waals surface area contributed by atoms with Crippen LogP contribution in [0.4, 0.5) is 0 Å². The predicted molar refractivity (Wildman–Crippen MR) is 58.1 cm³/mol. The molecule has 0 spiro atoms. The van der Waals surface area contributed by atoms with Crippen LogP contribution < -0.4 is 5.32 Å². The van der Waals surface area contributed by atoms with Gasteiger partial charge in [-0.1, -0.05) is 6.92 Å². The van der Waals surface area contributed by atoms with E-state index in [9.17, 15) is 13.2 Å². The molecule has 5 nitrogen and oxygen atoms in total. The molecule has 1 aliphatic heterocycles. The van der Waals surface area contributed by atoms with E-state index in [0.717, 1.165) is 6.42 Å². The van der Waals surface area contributed by atoms with Crippen LogP contribution in [0, 0.1) is 0 Å². The smallest absolute Gasteiger partial charge is 0.240 e. The van der Waals surface area contributed by atoms with Crippen LogP contribution in [0.15, 0.2) is 0 Å². The third-order valence-electron chi connectivity index (χ3n) is 2.56. The number of sulfone groups is 1.